The van der Waals surface area contributed by atoms with Crippen LogP contribution in [0.2, 0.25) is 0 Å². The van der Waals surface area contributed by atoms with Gasteiger partial charge in [0.2, 0.25) is 0 Å². The summed E-state index contributed by atoms with van der Waals surface area (Å²) in [6.45, 7) is 5.09. The van der Waals surface area contributed by atoms with Crippen LogP contribution in [-0.2, 0) is 11.2 Å². The number of phenols is 1. The van der Waals surface area contributed by atoms with Crippen molar-refractivity contribution in [3.05, 3.63) is 21.7 Å². The van der Waals surface area contributed by atoms with Crippen molar-refractivity contribution in [1.82, 2.24) is 0 Å². The van der Waals surface area contributed by atoms with Crippen molar-refractivity contribution < 1.29 is 19.7 Å². The summed E-state index contributed by atoms with van der Waals surface area (Å²) in [4.78, 5) is 11.1. The SMILES string of the molecule is COc1c(Br)cc(C)c(CC(C)(C)C(=O)O)c1O. The Bertz CT molecular complexity index is 480. The number of hydrogen-bond acceptors (Lipinski definition) is 3. The van der Waals surface area contributed by atoms with Crippen LogP contribution in [0.5, 0.6) is 11.5 Å². The molecule has 2 N–H and O–H groups in total. The molecule has 0 amide bonds. The molecule has 0 unspecified atom stereocenters. The fourth-order valence-electron chi connectivity index (χ4n) is 1.71. The van der Waals surface area contributed by atoms with E-state index in [-0.39, 0.29) is 12.2 Å². The lowest BCUT2D eigenvalue weighted by atomic mass is 9.84. The van der Waals surface area contributed by atoms with E-state index in [0.29, 0.717) is 15.8 Å². The van der Waals surface area contributed by atoms with Gasteiger partial charge < -0.3 is 14.9 Å². The summed E-state index contributed by atoms with van der Waals surface area (Å²) < 4.78 is 5.75. The zero-order valence-electron chi connectivity index (χ0n) is 10.9. The third-order valence-corrected chi connectivity index (χ3v) is 3.53. The topological polar surface area (TPSA) is 66.8 Å². The van der Waals surface area contributed by atoms with Crippen molar-refractivity contribution in [3.8, 4) is 11.5 Å². The number of methoxy groups -OCH3 is 1. The minimum absolute atomic E-state index is 0.00120. The monoisotopic (exact) mass is 316 g/mol. The van der Waals surface area contributed by atoms with Gasteiger partial charge in [-0.3, -0.25) is 4.79 Å². The van der Waals surface area contributed by atoms with Gasteiger partial charge in [0.25, 0.3) is 0 Å². The number of aryl methyl sites for hydroxylation is 1. The first-order valence-corrected chi connectivity index (χ1v) is 6.28. The lowest BCUT2D eigenvalue weighted by Crippen LogP contribution is -2.26. The first kappa shape index (κ1) is 14.8. The number of hydrogen-bond donors (Lipinski definition) is 2. The average Bonchev–Trinajstić information content (AvgIpc) is 2.24. The van der Waals surface area contributed by atoms with E-state index in [4.69, 9.17) is 9.84 Å². The van der Waals surface area contributed by atoms with E-state index in [0.717, 1.165) is 5.56 Å². The van der Waals surface area contributed by atoms with Crippen molar-refractivity contribution in [2.24, 2.45) is 5.41 Å². The van der Waals surface area contributed by atoms with Gasteiger partial charge in [-0.25, -0.2) is 0 Å². The molecule has 5 heteroatoms. The Balaban J connectivity index is 3.30. The highest BCUT2D eigenvalue weighted by molar-refractivity contribution is 9.10. The minimum atomic E-state index is -0.943. The van der Waals surface area contributed by atoms with E-state index in [1.54, 1.807) is 13.8 Å². The Morgan fingerprint density at radius 2 is 2.06 bits per heavy atom. The standard InChI is InChI=1S/C13H17BrO4/c1-7-5-9(14)11(18-4)10(15)8(7)6-13(2,3)12(16)17/h5,15H,6H2,1-4H3,(H,16,17). The molecule has 0 aliphatic carbocycles. The van der Waals surface area contributed by atoms with Crippen LogP contribution < -0.4 is 4.74 Å². The Hall–Kier alpha value is -1.23. The molecule has 0 spiro atoms. The number of carboxylic acid groups (broad SMARTS) is 1. The zero-order chi connectivity index (χ0) is 14.1. The van der Waals surface area contributed by atoms with E-state index >= 15 is 0 Å². The molecule has 0 saturated heterocycles. The van der Waals surface area contributed by atoms with Crippen molar-refractivity contribution in [2.45, 2.75) is 27.2 Å². The fourth-order valence-corrected chi connectivity index (χ4v) is 2.41. The van der Waals surface area contributed by atoms with Crippen LogP contribution in [0.3, 0.4) is 0 Å². The molecule has 100 valence electrons. The normalized spacial score (nSPS) is 11.4. The third-order valence-electron chi connectivity index (χ3n) is 2.94. The first-order chi connectivity index (χ1) is 8.20. The number of benzene rings is 1. The summed E-state index contributed by atoms with van der Waals surface area (Å²) in [5.74, 6) is -0.571. The van der Waals surface area contributed by atoms with E-state index in [1.807, 2.05) is 13.0 Å². The number of phenolic OH excluding ortho intramolecular Hbond substituents is 1. The second-order valence-corrected chi connectivity index (χ2v) is 5.76. The largest absolute Gasteiger partial charge is 0.504 e. The number of aliphatic carboxylic acids is 1. The Morgan fingerprint density at radius 1 is 1.50 bits per heavy atom. The second kappa shape index (κ2) is 5.18. The maximum absolute atomic E-state index is 11.1. The van der Waals surface area contributed by atoms with Gasteiger partial charge in [0.05, 0.1) is 17.0 Å². The highest BCUT2D eigenvalue weighted by Gasteiger charge is 2.30. The molecule has 4 nitrogen and oxygen atoms in total. The molecule has 0 aliphatic heterocycles. The third kappa shape index (κ3) is 2.77. The summed E-state index contributed by atoms with van der Waals surface area (Å²) in [6, 6.07) is 1.81. The highest BCUT2D eigenvalue weighted by atomic mass is 79.9. The summed E-state index contributed by atoms with van der Waals surface area (Å²) in [5, 5.41) is 19.3. The van der Waals surface area contributed by atoms with Gasteiger partial charge in [0.15, 0.2) is 11.5 Å². The molecule has 0 aliphatic rings. The Labute approximate surface area is 115 Å². The van der Waals surface area contributed by atoms with Crippen molar-refractivity contribution >= 4 is 21.9 Å². The van der Waals surface area contributed by atoms with Crippen LogP contribution in [0.25, 0.3) is 0 Å². The van der Waals surface area contributed by atoms with Gasteiger partial charge in [0, 0.05) is 5.56 Å². The van der Waals surface area contributed by atoms with Crippen LogP contribution in [0.1, 0.15) is 25.0 Å². The van der Waals surface area contributed by atoms with Gasteiger partial charge >= 0.3 is 5.97 Å². The van der Waals surface area contributed by atoms with E-state index in [9.17, 15) is 9.90 Å². The predicted molar refractivity (Wildman–Crippen MR) is 72.2 cm³/mol. The zero-order valence-corrected chi connectivity index (χ0v) is 12.5. The average molecular weight is 317 g/mol. The molecule has 0 radical (unpaired) electrons. The number of aromatic hydroxyl groups is 1. The predicted octanol–water partition coefficient (Wildman–Crippen LogP) is 3.13. The van der Waals surface area contributed by atoms with Crippen LogP contribution in [0.15, 0.2) is 10.5 Å². The summed E-state index contributed by atoms with van der Waals surface area (Å²) >= 11 is 3.30. The molecule has 1 aromatic carbocycles. The van der Waals surface area contributed by atoms with Gasteiger partial charge in [-0.1, -0.05) is 0 Å². The van der Waals surface area contributed by atoms with E-state index in [2.05, 4.69) is 15.9 Å². The number of halogens is 1. The van der Waals surface area contributed by atoms with Crippen LogP contribution in [0.4, 0.5) is 0 Å². The highest BCUT2D eigenvalue weighted by Crippen LogP contribution is 2.41. The molecule has 0 atom stereocenters. The Morgan fingerprint density at radius 3 is 2.50 bits per heavy atom. The van der Waals surface area contributed by atoms with Gasteiger partial charge in [-0.15, -0.1) is 0 Å². The summed E-state index contributed by atoms with van der Waals surface area (Å²) in [7, 11) is 1.46. The van der Waals surface area contributed by atoms with Crippen molar-refractivity contribution in [2.75, 3.05) is 7.11 Å². The summed E-state index contributed by atoms with van der Waals surface area (Å²) in [5.41, 5.74) is 0.484. The molecule has 0 fully saturated rings. The van der Waals surface area contributed by atoms with Gasteiger partial charge in [0.1, 0.15) is 0 Å². The van der Waals surface area contributed by atoms with Crippen molar-refractivity contribution in [3.63, 3.8) is 0 Å². The van der Waals surface area contributed by atoms with Crippen molar-refractivity contribution in [1.29, 1.82) is 0 Å². The van der Waals surface area contributed by atoms with Crippen LogP contribution in [-0.4, -0.2) is 23.3 Å². The van der Waals surface area contributed by atoms with Gasteiger partial charge in [-0.05, 0) is 54.8 Å². The molecule has 0 bridgehead atoms. The molecular formula is C13H17BrO4. The maximum Gasteiger partial charge on any atom is 0.309 e. The molecule has 18 heavy (non-hydrogen) atoms. The molecule has 1 aromatic rings. The lowest BCUT2D eigenvalue weighted by molar-refractivity contribution is -0.146. The molecular weight excluding hydrogens is 300 g/mol. The van der Waals surface area contributed by atoms with E-state index in [1.165, 1.54) is 7.11 Å². The first-order valence-electron chi connectivity index (χ1n) is 5.49. The van der Waals surface area contributed by atoms with E-state index < -0.39 is 11.4 Å². The second-order valence-electron chi connectivity index (χ2n) is 4.90. The quantitative estimate of drug-likeness (QED) is 0.895. The molecule has 0 saturated carbocycles. The van der Waals surface area contributed by atoms with Crippen LogP contribution in [0, 0.1) is 12.3 Å². The smallest absolute Gasteiger partial charge is 0.309 e. The maximum atomic E-state index is 11.1. The summed E-state index contributed by atoms with van der Waals surface area (Å²) in [6.07, 6.45) is 0.240. The number of carbonyl (C=O) groups is 1. The minimum Gasteiger partial charge on any atom is -0.504 e. The lowest BCUT2D eigenvalue weighted by Gasteiger charge is -2.22. The number of ether oxygens (including phenoxy) is 1. The fraction of sp³-hybridized carbons (Fsp3) is 0.462. The van der Waals surface area contributed by atoms with Crippen LogP contribution >= 0.6 is 15.9 Å². The molecule has 1 rings (SSSR count). The Kier molecular flexibility index (Phi) is 4.27. The number of rotatable bonds is 4. The molecule has 0 aromatic heterocycles. The number of carboxylic acids is 1. The molecule has 0 heterocycles. The van der Waals surface area contributed by atoms with Gasteiger partial charge in [-0.2, -0.15) is 0 Å².